The van der Waals surface area contributed by atoms with Crippen LogP contribution >= 0.6 is 0 Å². The quantitative estimate of drug-likeness (QED) is 0.887. The van der Waals surface area contributed by atoms with Gasteiger partial charge in [-0.3, -0.25) is 4.90 Å². The van der Waals surface area contributed by atoms with E-state index in [1.165, 1.54) is 24.9 Å². The van der Waals surface area contributed by atoms with Crippen molar-refractivity contribution in [2.24, 2.45) is 0 Å². The maximum Gasteiger partial charge on any atom is 0.127 e. The summed E-state index contributed by atoms with van der Waals surface area (Å²) in [7, 11) is 2.21. The number of benzene rings is 1. The number of aromatic nitrogens is 1. The molecule has 2 N–H and O–H groups in total. The smallest absolute Gasteiger partial charge is 0.127 e. The van der Waals surface area contributed by atoms with Crippen LogP contribution in [0.3, 0.4) is 0 Å². The van der Waals surface area contributed by atoms with E-state index < -0.39 is 0 Å². The molecule has 24 heavy (non-hydrogen) atoms. The zero-order valence-electron chi connectivity index (χ0n) is 14.6. The molecule has 1 fully saturated rings. The number of anilines is 1. The monoisotopic (exact) mass is 324 g/mol. The van der Waals surface area contributed by atoms with Crippen LogP contribution in [0, 0.1) is 0 Å². The van der Waals surface area contributed by atoms with Crippen LogP contribution in [0.2, 0.25) is 0 Å². The number of rotatable bonds is 6. The molecule has 3 rings (SSSR count). The van der Waals surface area contributed by atoms with Crippen molar-refractivity contribution in [1.29, 1.82) is 0 Å². The molecular formula is C20H28N4. The first-order valence-corrected chi connectivity index (χ1v) is 8.88. The Morgan fingerprint density at radius 3 is 2.83 bits per heavy atom. The van der Waals surface area contributed by atoms with Gasteiger partial charge in [-0.15, -0.1) is 0 Å². The van der Waals surface area contributed by atoms with Gasteiger partial charge in [0.2, 0.25) is 0 Å². The molecule has 0 aliphatic carbocycles. The maximum absolute atomic E-state index is 5.99. The molecule has 0 bridgehead atoms. The average Bonchev–Trinajstić information content (AvgIpc) is 2.63. The van der Waals surface area contributed by atoms with Crippen LogP contribution in [0.25, 0.3) is 0 Å². The number of piperidine rings is 1. The Morgan fingerprint density at radius 2 is 2.04 bits per heavy atom. The van der Waals surface area contributed by atoms with E-state index in [9.17, 15) is 0 Å². The van der Waals surface area contributed by atoms with Gasteiger partial charge >= 0.3 is 0 Å². The zero-order valence-corrected chi connectivity index (χ0v) is 14.6. The molecule has 1 aromatic carbocycles. The van der Waals surface area contributed by atoms with Gasteiger partial charge in [-0.2, -0.15) is 0 Å². The third-order valence-electron chi connectivity index (χ3n) is 5.01. The summed E-state index contributed by atoms with van der Waals surface area (Å²) in [6.07, 6.45) is 5.42. The first-order chi connectivity index (χ1) is 11.7. The van der Waals surface area contributed by atoms with Crippen LogP contribution in [-0.4, -0.2) is 47.5 Å². The fraction of sp³-hybridized carbons (Fsp3) is 0.450. The second kappa shape index (κ2) is 8.27. The van der Waals surface area contributed by atoms with Gasteiger partial charge < -0.3 is 10.6 Å². The molecule has 1 aliphatic heterocycles. The summed E-state index contributed by atoms with van der Waals surface area (Å²) >= 11 is 0. The van der Waals surface area contributed by atoms with Crippen molar-refractivity contribution >= 4 is 5.82 Å². The molecule has 2 heterocycles. The van der Waals surface area contributed by atoms with Crippen LogP contribution in [0.15, 0.2) is 48.7 Å². The second-order valence-electron chi connectivity index (χ2n) is 6.80. The molecule has 1 aromatic heterocycles. The molecular weight excluding hydrogens is 296 g/mol. The Morgan fingerprint density at radius 1 is 1.21 bits per heavy atom. The molecule has 0 unspecified atom stereocenters. The van der Waals surface area contributed by atoms with E-state index in [-0.39, 0.29) is 0 Å². The van der Waals surface area contributed by atoms with Crippen LogP contribution in [0.4, 0.5) is 5.82 Å². The van der Waals surface area contributed by atoms with E-state index >= 15 is 0 Å². The fourth-order valence-corrected chi connectivity index (χ4v) is 3.51. The lowest BCUT2D eigenvalue weighted by Gasteiger charge is -2.37. The highest BCUT2D eigenvalue weighted by Gasteiger charge is 2.23. The zero-order chi connectivity index (χ0) is 16.8. The normalized spacial score (nSPS) is 18.8. The highest BCUT2D eigenvalue weighted by Crippen LogP contribution is 2.19. The number of nitrogens with two attached hydrogens (primary N) is 1. The molecule has 0 amide bonds. The molecule has 4 heteroatoms. The second-order valence-corrected chi connectivity index (χ2v) is 6.80. The third kappa shape index (κ3) is 4.56. The number of nitrogens with zero attached hydrogens (tertiary/aromatic N) is 3. The lowest BCUT2D eigenvalue weighted by Crippen LogP contribution is -2.46. The summed E-state index contributed by atoms with van der Waals surface area (Å²) in [4.78, 5) is 9.23. The van der Waals surface area contributed by atoms with E-state index in [1.807, 2.05) is 6.07 Å². The molecule has 0 saturated carbocycles. The highest BCUT2D eigenvalue weighted by atomic mass is 15.2. The first-order valence-electron chi connectivity index (χ1n) is 8.88. The summed E-state index contributed by atoms with van der Waals surface area (Å²) in [5, 5.41) is 0. The SMILES string of the molecule is CN(Cc1cccnc1N)[C@@H]1CCCN(CCc2ccccc2)C1. The van der Waals surface area contributed by atoms with E-state index in [1.54, 1.807) is 6.20 Å². The van der Waals surface area contributed by atoms with Gasteiger partial charge in [0.25, 0.3) is 0 Å². The van der Waals surface area contributed by atoms with Gasteiger partial charge in [-0.25, -0.2) is 4.98 Å². The van der Waals surface area contributed by atoms with Crippen LogP contribution < -0.4 is 5.73 Å². The Balaban J connectivity index is 1.52. The van der Waals surface area contributed by atoms with Crippen molar-refractivity contribution in [3.8, 4) is 0 Å². The largest absolute Gasteiger partial charge is 0.383 e. The number of likely N-dealkylation sites (tertiary alicyclic amines) is 1. The predicted octanol–water partition coefficient (Wildman–Crippen LogP) is 2.80. The minimum Gasteiger partial charge on any atom is -0.383 e. The molecule has 0 spiro atoms. The Kier molecular flexibility index (Phi) is 5.83. The van der Waals surface area contributed by atoms with Crippen LogP contribution in [-0.2, 0) is 13.0 Å². The van der Waals surface area contributed by atoms with Gasteiger partial charge in [0, 0.05) is 37.4 Å². The lowest BCUT2D eigenvalue weighted by atomic mass is 10.0. The topological polar surface area (TPSA) is 45.4 Å². The van der Waals surface area contributed by atoms with Crippen LogP contribution in [0.1, 0.15) is 24.0 Å². The van der Waals surface area contributed by atoms with E-state index in [4.69, 9.17) is 5.73 Å². The summed E-state index contributed by atoms with van der Waals surface area (Å²) in [6.45, 7) is 4.37. The Labute approximate surface area is 145 Å². The summed E-state index contributed by atoms with van der Waals surface area (Å²) < 4.78 is 0. The molecule has 2 aromatic rings. The fourth-order valence-electron chi connectivity index (χ4n) is 3.51. The standard InChI is InChI=1S/C20H28N4/c1-23(15-18-9-5-12-22-20(18)21)19-10-6-13-24(16-19)14-11-17-7-3-2-4-8-17/h2-5,7-9,12,19H,6,10-11,13-16H2,1H3,(H2,21,22)/t19-/m1/s1. The van der Waals surface area contributed by atoms with Crippen molar-refractivity contribution in [2.75, 3.05) is 32.4 Å². The van der Waals surface area contributed by atoms with Gasteiger partial charge in [0.05, 0.1) is 0 Å². The number of pyridine rings is 1. The molecule has 1 aliphatic rings. The number of hydrogen-bond donors (Lipinski definition) is 1. The highest BCUT2D eigenvalue weighted by molar-refractivity contribution is 5.38. The van der Waals surface area contributed by atoms with Gasteiger partial charge in [0.15, 0.2) is 0 Å². The predicted molar refractivity (Wildman–Crippen MR) is 99.7 cm³/mol. The summed E-state index contributed by atoms with van der Waals surface area (Å²) in [5.41, 5.74) is 8.54. The van der Waals surface area contributed by atoms with Crippen LogP contribution in [0.5, 0.6) is 0 Å². The molecule has 1 atom stereocenters. The van der Waals surface area contributed by atoms with Crippen molar-refractivity contribution in [3.05, 3.63) is 59.8 Å². The minimum atomic E-state index is 0.592. The van der Waals surface area contributed by atoms with Gasteiger partial charge in [0.1, 0.15) is 5.82 Å². The first kappa shape index (κ1) is 16.9. The number of hydrogen-bond acceptors (Lipinski definition) is 4. The van der Waals surface area contributed by atoms with Crippen molar-refractivity contribution in [3.63, 3.8) is 0 Å². The summed E-state index contributed by atoms with van der Waals surface area (Å²) in [5.74, 6) is 0.654. The average molecular weight is 324 g/mol. The molecule has 128 valence electrons. The third-order valence-corrected chi connectivity index (χ3v) is 5.01. The van der Waals surface area contributed by atoms with Crippen molar-refractivity contribution in [1.82, 2.24) is 14.8 Å². The molecule has 0 radical (unpaired) electrons. The molecule has 4 nitrogen and oxygen atoms in total. The number of nitrogen functional groups attached to an aromatic ring is 1. The summed E-state index contributed by atoms with van der Waals surface area (Å²) in [6, 6.07) is 15.4. The van der Waals surface area contributed by atoms with E-state index in [0.29, 0.717) is 11.9 Å². The van der Waals surface area contributed by atoms with E-state index in [0.717, 1.165) is 31.6 Å². The van der Waals surface area contributed by atoms with Gasteiger partial charge in [-0.1, -0.05) is 36.4 Å². The number of likely N-dealkylation sites (N-methyl/N-ethyl adjacent to an activating group) is 1. The Hall–Kier alpha value is -1.91. The minimum absolute atomic E-state index is 0.592. The lowest BCUT2D eigenvalue weighted by molar-refractivity contribution is 0.113. The van der Waals surface area contributed by atoms with Crippen molar-refractivity contribution in [2.45, 2.75) is 31.8 Å². The maximum atomic E-state index is 5.99. The van der Waals surface area contributed by atoms with Crippen molar-refractivity contribution < 1.29 is 0 Å². The van der Waals surface area contributed by atoms with E-state index in [2.05, 4.69) is 58.2 Å². The van der Waals surface area contributed by atoms with Gasteiger partial charge in [-0.05, 0) is 44.5 Å². The molecule has 1 saturated heterocycles. The Bertz CT molecular complexity index is 629.